The summed E-state index contributed by atoms with van der Waals surface area (Å²) in [5, 5.41) is 3.52. The average Bonchev–Trinajstić information content (AvgIpc) is 2.50. The summed E-state index contributed by atoms with van der Waals surface area (Å²) < 4.78 is 12.9. The van der Waals surface area contributed by atoms with E-state index in [0.29, 0.717) is 18.4 Å². The number of halogens is 1. The molecule has 0 saturated carbocycles. The van der Waals surface area contributed by atoms with Crippen molar-refractivity contribution in [2.24, 2.45) is 5.92 Å². The van der Waals surface area contributed by atoms with Crippen molar-refractivity contribution in [1.82, 2.24) is 10.2 Å². The molecule has 116 valence electrons. The molecule has 1 fully saturated rings. The van der Waals surface area contributed by atoms with Crippen LogP contribution in [-0.2, 0) is 11.2 Å². The van der Waals surface area contributed by atoms with Gasteiger partial charge in [-0.2, -0.15) is 0 Å². The van der Waals surface area contributed by atoms with Crippen molar-refractivity contribution >= 4 is 5.91 Å². The summed E-state index contributed by atoms with van der Waals surface area (Å²) in [5.74, 6) is 0.412. The molecule has 2 rings (SSSR count). The van der Waals surface area contributed by atoms with Gasteiger partial charge in [-0.3, -0.25) is 4.79 Å². The normalized spacial score (nSPS) is 22.3. The van der Waals surface area contributed by atoms with Crippen LogP contribution >= 0.6 is 0 Å². The quantitative estimate of drug-likeness (QED) is 0.905. The number of nitrogens with zero attached hydrogens (tertiary/aromatic N) is 1. The summed E-state index contributed by atoms with van der Waals surface area (Å²) in [6, 6.07) is 6.73. The molecule has 1 amide bonds. The van der Waals surface area contributed by atoms with Crippen molar-refractivity contribution in [1.29, 1.82) is 0 Å². The fourth-order valence-electron chi connectivity index (χ4n) is 3.09. The van der Waals surface area contributed by atoms with E-state index in [0.717, 1.165) is 38.0 Å². The maximum absolute atomic E-state index is 12.9. The predicted molar refractivity (Wildman–Crippen MR) is 82.5 cm³/mol. The molecule has 4 heteroatoms. The third kappa shape index (κ3) is 4.27. The SMILES string of the molecule is CCNC1CCN(C(=O)Cc2ccc(F)cc2)CC1CC. The molecule has 3 nitrogen and oxygen atoms in total. The van der Waals surface area contributed by atoms with Crippen molar-refractivity contribution in [2.75, 3.05) is 19.6 Å². The van der Waals surface area contributed by atoms with Gasteiger partial charge in [0.2, 0.25) is 5.91 Å². The van der Waals surface area contributed by atoms with Crippen molar-refractivity contribution in [2.45, 2.75) is 39.2 Å². The van der Waals surface area contributed by atoms with Crippen LogP contribution in [0.15, 0.2) is 24.3 Å². The fraction of sp³-hybridized carbons (Fsp3) is 0.588. The lowest BCUT2D eigenvalue weighted by atomic mass is 9.89. The van der Waals surface area contributed by atoms with Crippen LogP contribution in [0.25, 0.3) is 0 Å². The summed E-state index contributed by atoms with van der Waals surface area (Å²) in [6.07, 6.45) is 2.46. The fourth-order valence-corrected chi connectivity index (χ4v) is 3.09. The van der Waals surface area contributed by atoms with Gasteiger partial charge in [-0.25, -0.2) is 4.39 Å². The van der Waals surface area contributed by atoms with Crippen LogP contribution in [0.2, 0.25) is 0 Å². The first-order valence-corrected chi connectivity index (χ1v) is 7.89. The second kappa shape index (κ2) is 7.55. The van der Waals surface area contributed by atoms with Gasteiger partial charge < -0.3 is 10.2 Å². The van der Waals surface area contributed by atoms with E-state index >= 15 is 0 Å². The predicted octanol–water partition coefficient (Wildman–Crippen LogP) is 2.60. The van der Waals surface area contributed by atoms with Crippen molar-refractivity contribution in [3.8, 4) is 0 Å². The smallest absolute Gasteiger partial charge is 0.227 e. The van der Waals surface area contributed by atoms with E-state index in [1.165, 1.54) is 12.1 Å². The molecular weight excluding hydrogens is 267 g/mol. The van der Waals surface area contributed by atoms with Crippen molar-refractivity contribution < 1.29 is 9.18 Å². The second-order valence-electron chi connectivity index (χ2n) is 5.76. The zero-order valence-electron chi connectivity index (χ0n) is 12.9. The van der Waals surface area contributed by atoms with E-state index in [1.54, 1.807) is 12.1 Å². The molecule has 0 spiro atoms. The van der Waals surface area contributed by atoms with E-state index in [1.807, 2.05) is 4.90 Å². The third-order valence-corrected chi connectivity index (χ3v) is 4.35. The first-order chi connectivity index (χ1) is 10.1. The van der Waals surface area contributed by atoms with Gasteiger partial charge in [0.05, 0.1) is 6.42 Å². The van der Waals surface area contributed by atoms with Gasteiger partial charge in [-0.1, -0.05) is 32.4 Å². The molecular formula is C17H25FN2O. The topological polar surface area (TPSA) is 32.3 Å². The monoisotopic (exact) mass is 292 g/mol. The molecule has 1 N–H and O–H groups in total. The zero-order valence-corrected chi connectivity index (χ0v) is 12.9. The van der Waals surface area contributed by atoms with Gasteiger partial charge in [0.1, 0.15) is 5.82 Å². The number of benzene rings is 1. The van der Waals surface area contributed by atoms with E-state index in [2.05, 4.69) is 19.2 Å². The minimum atomic E-state index is -0.260. The number of hydrogen-bond donors (Lipinski definition) is 1. The van der Waals surface area contributed by atoms with Crippen LogP contribution in [-0.4, -0.2) is 36.5 Å². The van der Waals surface area contributed by atoms with E-state index in [-0.39, 0.29) is 11.7 Å². The lowest BCUT2D eigenvalue weighted by Gasteiger charge is -2.38. The Morgan fingerprint density at radius 2 is 2.05 bits per heavy atom. The number of likely N-dealkylation sites (tertiary alicyclic amines) is 1. The molecule has 1 aromatic carbocycles. The molecule has 1 aliphatic rings. The molecule has 2 unspecified atom stereocenters. The Hall–Kier alpha value is -1.42. The molecule has 1 heterocycles. The number of carbonyl (C=O) groups is 1. The zero-order chi connectivity index (χ0) is 15.2. The summed E-state index contributed by atoms with van der Waals surface area (Å²) in [5.41, 5.74) is 0.878. The molecule has 1 aromatic rings. The van der Waals surface area contributed by atoms with Crippen molar-refractivity contribution in [3.63, 3.8) is 0 Å². The highest BCUT2D eigenvalue weighted by atomic mass is 19.1. The Labute approximate surface area is 126 Å². The standard InChI is InChI=1S/C17H25FN2O/c1-3-14-12-20(10-9-16(14)19-4-2)17(21)11-13-5-7-15(18)8-6-13/h5-8,14,16,19H,3-4,9-12H2,1-2H3. The Morgan fingerprint density at radius 1 is 1.33 bits per heavy atom. The molecule has 0 bridgehead atoms. The van der Waals surface area contributed by atoms with Crippen LogP contribution in [0.3, 0.4) is 0 Å². The van der Waals surface area contributed by atoms with E-state index in [4.69, 9.17) is 0 Å². The maximum Gasteiger partial charge on any atom is 0.227 e. The van der Waals surface area contributed by atoms with Gasteiger partial charge in [0, 0.05) is 19.1 Å². The van der Waals surface area contributed by atoms with Crippen LogP contribution in [0.5, 0.6) is 0 Å². The number of rotatable bonds is 5. The van der Waals surface area contributed by atoms with Crippen LogP contribution in [0.1, 0.15) is 32.3 Å². The highest BCUT2D eigenvalue weighted by molar-refractivity contribution is 5.78. The van der Waals surface area contributed by atoms with Gasteiger partial charge in [-0.15, -0.1) is 0 Å². The number of nitrogens with one attached hydrogen (secondary N) is 1. The first kappa shape index (κ1) is 16.0. The van der Waals surface area contributed by atoms with Gasteiger partial charge in [0.15, 0.2) is 0 Å². The summed E-state index contributed by atoms with van der Waals surface area (Å²) in [4.78, 5) is 14.4. The molecule has 2 atom stereocenters. The van der Waals surface area contributed by atoms with Crippen LogP contribution < -0.4 is 5.32 Å². The first-order valence-electron chi connectivity index (χ1n) is 7.89. The second-order valence-corrected chi connectivity index (χ2v) is 5.76. The number of hydrogen-bond acceptors (Lipinski definition) is 2. The summed E-state index contributed by atoms with van der Waals surface area (Å²) >= 11 is 0. The van der Waals surface area contributed by atoms with Crippen LogP contribution in [0.4, 0.5) is 4.39 Å². The maximum atomic E-state index is 12.9. The minimum absolute atomic E-state index is 0.148. The average molecular weight is 292 g/mol. The van der Waals surface area contributed by atoms with E-state index < -0.39 is 0 Å². The molecule has 0 aromatic heterocycles. The number of carbonyl (C=O) groups excluding carboxylic acids is 1. The Morgan fingerprint density at radius 3 is 2.67 bits per heavy atom. The summed E-state index contributed by atoms with van der Waals surface area (Å²) in [7, 11) is 0. The Balaban J connectivity index is 1.92. The Bertz CT molecular complexity index is 460. The van der Waals surface area contributed by atoms with Crippen molar-refractivity contribution in [3.05, 3.63) is 35.6 Å². The molecule has 21 heavy (non-hydrogen) atoms. The van der Waals surface area contributed by atoms with E-state index in [9.17, 15) is 9.18 Å². The van der Waals surface area contributed by atoms with Crippen LogP contribution in [0, 0.1) is 11.7 Å². The van der Waals surface area contributed by atoms with Gasteiger partial charge in [0.25, 0.3) is 0 Å². The largest absolute Gasteiger partial charge is 0.342 e. The highest BCUT2D eigenvalue weighted by Gasteiger charge is 2.29. The molecule has 0 radical (unpaired) electrons. The molecule has 1 saturated heterocycles. The molecule has 1 aliphatic heterocycles. The number of piperidine rings is 1. The third-order valence-electron chi connectivity index (χ3n) is 4.35. The summed E-state index contributed by atoms with van der Waals surface area (Å²) in [6.45, 7) is 6.93. The molecule has 0 aliphatic carbocycles. The number of amides is 1. The minimum Gasteiger partial charge on any atom is -0.342 e. The van der Waals surface area contributed by atoms with Gasteiger partial charge in [-0.05, 0) is 36.6 Å². The lowest BCUT2D eigenvalue weighted by Crippen LogP contribution is -2.51. The van der Waals surface area contributed by atoms with Gasteiger partial charge >= 0.3 is 0 Å². The Kier molecular flexibility index (Phi) is 5.74. The lowest BCUT2D eigenvalue weighted by molar-refractivity contribution is -0.132. The highest BCUT2D eigenvalue weighted by Crippen LogP contribution is 2.21.